The van der Waals surface area contributed by atoms with Crippen LogP contribution in [0.3, 0.4) is 0 Å². The van der Waals surface area contributed by atoms with Gasteiger partial charge in [0.1, 0.15) is 5.60 Å². The smallest absolute Gasteiger partial charge is 0.410 e. The molecule has 0 unspecified atom stereocenters. The number of carbonyl (C=O) groups is 2. The maximum Gasteiger partial charge on any atom is 0.410 e. The molecule has 2 saturated heterocycles. The molecule has 0 radical (unpaired) electrons. The van der Waals surface area contributed by atoms with Gasteiger partial charge < -0.3 is 14.4 Å². The molecule has 0 spiro atoms. The first-order chi connectivity index (χ1) is 10.3. The Morgan fingerprint density at radius 3 is 2.45 bits per heavy atom. The fourth-order valence-electron chi connectivity index (χ4n) is 3.23. The van der Waals surface area contributed by atoms with Gasteiger partial charge in [-0.15, -0.1) is 0 Å². The summed E-state index contributed by atoms with van der Waals surface area (Å²) < 4.78 is 10.3. The Morgan fingerprint density at radius 2 is 1.82 bits per heavy atom. The minimum Gasteiger partial charge on any atom is -0.469 e. The largest absolute Gasteiger partial charge is 0.469 e. The molecule has 0 aromatic heterocycles. The summed E-state index contributed by atoms with van der Waals surface area (Å²) in [7, 11) is 1.45. The van der Waals surface area contributed by atoms with Crippen molar-refractivity contribution in [3.05, 3.63) is 0 Å². The summed E-state index contributed by atoms with van der Waals surface area (Å²) in [6.45, 7) is 8.76. The molecule has 126 valence electrons. The molecule has 2 heterocycles. The van der Waals surface area contributed by atoms with E-state index in [1.54, 1.807) is 4.90 Å². The first-order valence-electron chi connectivity index (χ1n) is 8.10. The van der Waals surface area contributed by atoms with Gasteiger partial charge in [-0.2, -0.15) is 0 Å². The fourth-order valence-corrected chi connectivity index (χ4v) is 3.23. The predicted molar refractivity (Wildman–Crippen MR) is 82.5 cm³/mol. The van der Waals surface area contributed by atoms with Gasteiger partial charge in [-0.25, -0.2) is 4.79 Å². The first kappa shape index (κ1) is 17.1. The van der Waals surface area contributed by atoms with Gasteiger partial charge in [-0.3, -0.25) is 9.69 Å². The molecular formula is C16H28N2O4. The Labute approximate surface area is 132 Å². The van der Waals surface area contributed by atoms with Crippen molar-refractivity contribution in [1.82, 2.24) is 9.80 Å². The second-order valence-electron chi connectivity index (χ2n) is 7.23. The van der Waals surface area contributed by atoms with Crippen molar-refractivity contribution in [2.75, 3.05) is 33.3 Å². The van der Waals surface area contributed by atoms with E-state index < -0.39 is 5.60 Å². The maximum atomic E-state index is 12.1. The van der Waals surface area contributed by atoms with Crippen molar-refractivity contribution < 1.29 is 19.1 Å². The molecule has 6 heteroatoms. The molecule has 1 amide bonds. The molecule has 0 bridgehead atoms. The monoisotopic (exact) mass is 312 g/mol. The summed E-state index contributed by atoms with van der Waals surface area (Å²) >= 11 is 0. The zero-order chi connectivity index (χ0) is 16.3. The summed E-state index contributed by atoms with van der Waals surface area (Å²) in [6, 6.07) is 0.319. The second kappa shape index (κ2) is 6.86. The van der Waals surface area contributed by atoms with E-state index in [9.17, 15) is 9.59 Å². The number of likely N-dealkylation sites (tertiary alicyclic amines) is 2. The molecule has 2 fully saturated rings. The van der Waals surface area contributed by atoms with Crippen LogP contribution in [-0.2, 0) is 14.3 Å². The number of nitrogens with zero attached hydrogens (tertiary/aromatic N) is 2. The molecule has 2 aliphatic heterocycles. The highest BCUT2D eigenvalue weighted by molar-refractivity contribution is 5.72. The lowest BCUT2D eigenvalue weighted by atomic mass is 9.96. The van der Waals surface area contributed by atoms with Gasteiger partial charge in [0, 0.05) is 25.7 Å². The third kappa shape index (κ3) is 4.35. The van der Waals surface area contributed by atoms with E-state index in [0.29, 0.717) is 12.6 Å². The van der Waals surface area contributed by atoms with E-state index in [0.717, 1.165) is 38.9 Å². The molecular weight excluding hydrogens is 284 g/mol. The SMILES string of the molecule is COC(=O)[C@@H]1CCCN([C@@H]2CCN(C(=O)OC(C)(C)C)C2)C1. The van der Waals surface area contributed by atoms with Crippen LogP contribution in [0.4, 0.5) is 4.79 Å². The lowest BCUT2D eigenvalue weighted by Crippen LogP contribution is -2.46. The van der Waals surface area contributed by atoms with Gasteiger partial charge in [0.2, 0.25) is 0 Å². The molecule has 0 aromatic carbocycles. The number of ether oxygens (including phenoxy) is 2. The summed E-state index contributed by atoms with van der Waals surface area (Å²) in [4.78, 5) is 27.9. The summed E-state index contributed by atoms with van der Waals surface area (Å²) in [5.41, 5.74) is -0.462. The molecule has 0 aliphatic carbocycles. The van der Waals surface area contributed by atoms with Crippen LogP contribution in [0.2, 0.25) is 0 Å². The minimum atomic E-state index is -0.462. The van der Waals surface area contributed by atoms with Crippen molar-refractivity contribution in [3.8, 4) is 0 Å². The molecule has 2 atom stereocenters. The highest BCUT2D eigenvalue weighted by Crippen LogP contribution is 2.25. The third-order valence-corrected chi connectivity index (χ3v) is 4.32. The number of hydrogen-bond donors (Lipinski definition) is 0. The number of carbonyl (C=O) groups excluding carboxylic acids is 2. The zero-order valence-corrected chi connectivity index (χ0v) is 14.1. The third-order valence-electron chi connectivity index (χ3n) is 4.32. The molecule has 2 rings (SSSR count). The van der Waals surface area contributed by atoms with Crippen molar-refractivity contribution >= 4 is 12.1 Å². The van der Waals surface area contributed by atoms with Crippen molar-refractivity contribution in [1.29, 1.82) is 0 Å². The average Bonchev–Trinajstić information content (AvgIpc) is 2.95. The predicted octanol–water partition coefficient (Wildman–Crippen LogP) is 1.88. The normalized spacial score (nSPS) is 26.8. The van der Waals surface area contributed by atoms with E-state index in [1.807, 2.05) is 20.8 Å². The van der Waals surface area contributed by atoms with E-state index in [2.05, 4.69) is 4.90 Å². The van der Waals surface area contributed by atoms with Crippen LogP contribution in [0.1, 0.15) is 40.0 Å². The number of methoxy groups -OCH3 is 1. The van der Waals surface area contributed by atoms with Crippen LogP contribution in [-0.4, -0.2) is 66.8 Å². The Bertz CT molecular complexity index is 419. The number of esters is 1. The molecule has 0 aromatic rings. The maximum absolute atomic E-state index is 12.1. The molecule has 6 nitrogen and oxygen atoms in total. The molecule has 0 saturated carbocycles. The van der Waals surface area contributed by atoms with Crippen LogP contribution in [0.5, 0.6) is 0 Å². The van der Waals surface area contributed by atoms with Crippen LogP contribution < -0.4 is 0 Å². The second-order valence-corrected chi connectivity index (χ2v) is 7.23. The van der Waals surface area contributed by atoms with Crippen LogP contribution in [0.25, 0.3) is 0 Å². The van der Waals surface area contributed by atoms with Gasteiger partial charge >= 0.3 is 12.1 Å². The molecule has 0 N–H and O–H groups in total. The van der Waals surface area contributed by atoms with E-state index in [1.165, 1.54) is 7.11 Å². The summed E-state index contributed by atoms with van der Waals surface area (Å²) in [6.07, 6.45) is 2.60. The van der Waals surface area contributed by atoms with Gasteiger partial charge in [0.05, 0.1) is 13.0 Å². The summed E-state index contributed by atoms with van der Waals surface area (Å²) in [5, 5.41) is 0. The number of rotatable bonds is 2. The van der Waals surface area contributed by atoms with E-state index >= 15 is 0 Å². The first-order valence-corrected chi connectivity index (χ1v) is 8.10. The van der Waals surface area contributed by atoms with Gasteiger partial charge in [-0.1, -0.05) is 0 Å². The molecule has 2 aliphatic rings. The summed E-state index contributed by atoms with van der Waals surface area (Å²) in [5.74, 6) is -0.152. The minimum absolute atomic E-state index is 0.0330. The number of hydrogen-bond acceptors (Lipinski definition) is 5. The topological polar surface area (TPSA) is 59.1 Å². The highest BCUT2D eigenvalue weighted by Gasteiger charge is 2.36. The lowest BCUT2D eigenvalue weighted by molar-refractivity contribution is -0.147. The van der Waals surface area contributed by atoms with Gasteiger partial charge in [0.25, 0.3) is 0 Å². The van der Waals surface area contributed by atoms with E-state index in [-0.39, 0.29) is 18.0 Å². The lowest BCUT2D eigenvalue weighted by Gasteiger charge is -2.35. The van der Waals surface area contributed by atoms with Crippen molar-refractivity contribution in [2.24, 2.45) is 5.92 Å². The average molecular weight is 312 g/mol. The highest BCUT2D eigenvalue weighted by atomic mass is 16.6. The standard InChI is InChI=1S/C16H28N2O4/c1-16(2,3)22-15(20)18-9-7-13(11-18)17-8-5-6-12(10-17)14(19)21-4/h12-13H,5-11H2,1-4H3/t12-,13-/m1/s1. The van der Waals surface area contributed by atoms with Crippen molar-refractivity contribution in [2.45, 2.75) is 51.7 Å². The quantitative estimate of drug-likeness (QED) is 0.729. The molecule has 22 heavy (non-hydrogen) atoms. The van der Waals surface area contributed by atoms with E-state index in [4.69, 9.17) is 9.47 Å². The van der Waals surface area contributed by atoms with Crippen LogP contribution >= 0.6 is 0 Å². The Morgan fingerprint density at radius 1 is 1.09 bits per heavy atom. The Hall–Kier alpha value is -1.30. The number of piperidine rings is 1. The zero-order valence-electron chi connectivity index (χ0n) is 14.1. The van der Waals surface area contributed by atoms with Crippen LogP contribution in [0.15, 0.2) is 0 Å². The number of amides is 1. The van der Waals surface area contributed by atoms with Crippen molar-refractivity contribution in [3.63, 3.8) is 0 Å². The Kier molecular flexibility index (Phi) is 5.32. The van der Waals surface area contributed by atoms with Gasteiger partial charge in [0.15, 0.2) is 0 Å². The van der Waals surface area contributed by atoms with Crippen LogP contribution in [0, 0.1) is 5.92 Å². The Balaban J connectivity index is 1.87. The van der Waals surface area contributed by atoms with Gasteiger partial charge in [-0.05, 0) is 46.6 Å². The fraction of sp³-hybridized carbons (Fsp3) is 0.875.